The molecule has 106 valence electrons. The number of aromatic nitrogens is 3. The van der Waals surface area contributed by atoms with E-state index in [1.54, 1.807) is 11.6 Å². The summed E-state index contributed by atoms with van der Waals surface area (Å²) >= 11 is 3.34. The van der Waals surface area contributed by atoms with Crippen molar-refractivity contribution in [2.75, 3.05) is 6.61 Å². The lowest BCUT2D eigenvalue weighted by Gasteiger charge is -2.11. The second-order valence-corrected chi connectivity index (χ2v) is 5.36. The van der Waals surface area contributed by atoms with Crippen molar-refractivity contribution in [3.8, 4) is 5.82 Å². The standard InChI is InChI=1S/C14H16BrN3O2/c1-4-20-14(19)10-8-16-18(13(10)9(2)3)12-7-5-6-11(15)17-12/h5-9H,4H2,1-3H3. The fourth-order valence-corrected chi connectivity index (χ4v) is 2.31. The largest absolute Gasteiger partial charge is 0.462 e. The zero-order valence-electron chi connectivity index (χ0n) is 11.6. The Kier molecular flexibility index (Phi) is 4.54. The van der Waals surface area contributed by atoms with Crippen molar-refractivity contribution in [2.24, 2.45) is 0 Å². The molecule has 0 radical (unpaired) electrons. The van der Waals surface area contributed by atoms with Gasteiger partial charge in [0.2, 0.25) is 0 Å². The fourth-order valence-electron chi connectivity index (χ4n) is 1.98. The third-order valence-corrected chi connectivity index (χ3v) is 3.21. The summed E-state index contributed by atoms with van der Waals surface area (Å²) < 4.78 is 7.47. The predicted molar refractivity (Wildman–Crippen MR) is 79.1 cm³/mol. The smallest absolute Gasteiger partial charge is 0.341 e. The number of halogens is 1. The maximum Gasteiger partial charge on any atom is 0.341 e. The molecule has 6 heteroatoms. The molecule has 0 aromatic carbocycles. The van der Waals surface area contributed by atoms with Crippen LogP contribution in [0.3, 0.4) is 0 Å². The van der Waals surface area contributed by atoms with Crippen LogP contribution >= 0.6 is 15.9 Å². The highest BCUT2D eigenvalue weighted by Crippen LogP contribution is 2.23. The molecular weight excluding hydrogens is 322 g/mol. The number of hydrogen-bond donors (Lipinski definition) is 0. The van der Waals surface area contributed by atoms with E-state index in [0.29, 0.717) is 18.0 Å². The first-order valence-corrected chi connectivity index (χ1v) is 7.21. The normalized spacial score (nSPS) is 10.8. The Balaban J connectivity index is 2.52. The molecule has 0 spiro atoms. The van der Waals surface area contributed by atoms with Crippen LogP contribution in [0.4, 0.5) is 0 Å². The summed E-state index contributed by atoms with van der Waals surface area (Å²) in [4.78, 5) is 16.3. The van der Waals surface area contributed by atoms with Crippen LogP contribution in [-0.4, -0.2) is 27.3 Å². The van der Waals surface area contributed by atoms with Crippen LogP contribution in [0.5, 0.6) is 0 Å². The minimum atomic E-state index is -0.350. The quantitative estimate of drug-likeness (QED) is 0.634. The maximum atomic E-state index is 12.0. The second kappa shape index (κ2) is 6.17. The summed E-state index contributed by atoms with van der Waals surface area (Å²) in [6.45, 7) is 6.15. The van der Waals surface area contributed by atoms with Gasteiger partial charge in [-0.05, 0) is 40.9 Å². The number of esters is 1. The van der Waals surface area contributed by atoms with Gasteiger partial charge < -0.3 is 4.74 Å². The van der Waals surface area contributed by atoms with E-state index >= 15 is 0 Å². The third-order valence-electron chi connectivity index (χ3n) is 2.77. The second-order valence-electron chi connectivity index (χ2n) is 4.55. The first-order valence-electron chi connectivity index (χ1n) is 6.42. The van der Waals surface area contributed by atoms with Gasteiger partial charge in [-0.15, -0.1) is 0 Å². The molecule has 0 amide bonds. The van der Waals surface area contributed by atoms with E-state index in [1.807, 2.05) is 32.0 Å². The minimum absolute atomic E-state index is 0.123. The highest BCUT2D eigenvalue weighted by Gasteiger charge is 2.22. The highest BCUT2D eigenvalue weighted by atomic mass is 79.9. The number of nitrogens with zero attached hydrogens (tertiary/aromatic N) is 3. The summed E-state index contributed by atoms with van der Waals surface area (Å²) in [7, 11) is 0. The van der Waals surface area contributed by atoms with Crippen LogP contribution in [0.1, 0.15) is 42.7 Å². The van der Waals surface area contributed by atoms with E-state index in [2.05, 4.69) is 26.0 Å². The lowest BCUT2D eigenvalue weighted by molar-refractivity contribution is 0.0524. The van der Waals surface area contributed by atoms with E-state index in [-0.39, 0.29) is 11.9 Å². The molecule has 0 aliphatic heterocycles. The monoisotopic (exact) mass is 337 g/mol. The number of hydrogen-bond acceptors (Lipinski definition) is 4. The molecule has 2 heterocycles. The third kappa shape index (κ3) is 2.90. The van der Waals surface area contributed by atoms with Crippen molar-refractivity contribution in [1.82, 2.24) is 14.8 Å². The van der Waals surface area contributed by atoms with Gasteiger partial charge in [0.25, 0.3) is 0 Å². The van der Waals surface area contributed by atoms with Gasteiger partial charge in [-0.2, -0.15) is 5.10 Å². The summed E-state index contributed by atoms with van der Waals surface area (Å²) in [5.41, 5.74) is 1.29. The van der Waals surface area contributed by atoms with Crippen LogP contribution in [0.2, 0.25) is 0 Å². The molecule has 20 heavy (non-hydrogen) atoms. The van der Waals surface area contributed by atoms with E-state index in [1.165, 1.54) is 6.20 Å². The first kappa shape index (κ1) is 14.7. The van der Waals surface area contributed by atoms with Crippen LogP contribution in [-0.2, 0) is 4.74 Å². The van der Waals surface area contributed by atoms with Gasteiger partial charge in [0.1, 0.15) is 10.2 Å². The highest BCUT2D eigenvalue weighted by molar-refractivity contribution is 9.10. The predicted octanol–water partition coefficient (Wildman–Crippen LogP) is 3.33. The fraction of sp³-hybridized carbons (Fsp3) is 0.357. The lowest BCUT2D eigenvalue weighted by atomic mass is 10.1. The van der Waals surface area contributed by atoms with Crippen molar-refractivity contribution in [2.45, 2.75) is 26.7 Å². The topological polar surface area (TPSA) is 57.0 Å². The molecule has 0 bridgehead atoms. The van der Waals surface area contributed by atoms with Crippen molar-refractivity contribution in [3.05, 3.63) is 40.3 Å². The van der Waals surface area contributed by atoms with Gasteiger partial charge in [-0.1, -0.05) is 19.9 Å². The minimum Gasteiger partial charge on any atom is -0.462 e. The van der Waals surface area contributed by atoms with Crippen LogP contribution in [0.15, 0.2) is 29.0 Å². The number of pyridine rings is 1. The van der Waals surface area contributed by atoms with Gasteiger partial charge in [0.05, 0.1) is 18.5 Å². The van der Waals surface area contributed by atoms with Gasteiger partial charge in [0.15, 0.2) is 5.82 Å². The molecule has 5 nitrogen and oxygen atoms in total. The van der Waals surface area contributed by atoms with Gasteiger partial charge >= 0.3 is 5.97 Å². The zero-order valence-corrected chi connectivity index (χ0v) is 13.2. The number of carbonyl (C=O) groups excluding carboxylic acids is 1. The Labute approximate surface area is 126 Å². The summed E-state index contributed by atoms with van der Waals surface area (Å²) in [5, 5.41) is 4.28. The number of rotatable bonds is 4. The van der Waals surface area contributed by atoms with Crippen molar-refractivity contribution in [3.63, 3.8) is 0 Å². The molecular formula is C14H16BrN3O2. The summed E-state index contributed by atoms with van der Waals surface area (Å²) in [6.07, 6.45) is 1.54. The molecule has 0 saturated carbocycles. The number of carbonyl (C=O) groups is 1. The molecule has 0 atom stereocenters. The molecule has 2 rings (SSSR count). The number of ether oxygens (including phenoxy) is 1. The van der Waals surface area contributed by atoms with Gasteiger partial charge in [-0.3, -0.25) is 0 Å². The van der Waals surface area contributed by atoms with E-state index in [4.69, 9.17) is 4.74 Å². The Bertz CT molecular complexity index is 623. The Morgan fingerprint density at radius 2 is 2.20 bits per heavy atom. The van der Waals surface area contributed by atoms with Crippen molar-refractivity contribution in [1.29, 1.82) is 0 Å². The lowest BCUT2D eigenvalue weighted by Crippen LogP contribution is -2.11. The van der Waals surface area contributed by atoms with Crippen molar-refractivity contribution < 1.29 is 9.53 Å². The SMILES string of the molecule is CCOC(=O)c1cnn(-c2cccc(Br)n2)c1C(C)C. The van der Waals surface area contributed by atoms with Gasteiger partial charge in [0, 0.05) is 0 Å². The molecule has 0 unspecified atom stereocenters. The van der Waals surface area contributed by atoms with E-state index < -0.39 is 0 Å². The average Bonchev–Trinajstić information content (AvgIpc) is 2.83. The average molecular weight is 338 g/mol. The van der Waals surface area contributed by atoms with Crippen LogP contribution in [0.25, 0.3) is 5.82 Å². The molecule has 0 fully saturated rings. The molecule has 2 aromatic heterocycles. The maximum absolute atomic E-state index is 12.0. The van der Waals surface area contributed by atoms with E-state index in [9.17, 15) is 4.79 Å². The van der Waals surface area contributed by atoms with Crippen molar-refractivity contribution >= 4 is 21.9 Å². The molecule has 2 aromatic rings. The summed E-state index contributed by atoms with van der Waals surface area (Å²) in [6, 6.07) is 5.56. The zero-order chi connectivity index (χ0) is 14.7. The Hall–Kier alpha value is -1.69. The van der Waals surface area contributed by atoms with Crippen LogP contribution < -0.4 is 0 Å². The molecule has 0 aliphatic carbocycles. The summed E-state index contributed by atoms with van der Waals surface area (Å²) in [5.74, 6) is 0.439. The Morgan fingerprint density at radius 3 is 2.80 bits per heavy atom. The van der Waals surface area contributed by atoms with E-state index in [0.717, 1.165) is 10.3 Å². The molecule has 0 aliphatic rings. The van der Waals surface area contributed by atoms with Crippen LogP contribution in [0, 0.1) is 0 Å². The molecule has 0 saturated heterocycles. The molecule has 0 N–H and O–H groups in total. The Morgan fingerprint density at radius 1 is 1.45 bits per heavy atom. The van der Waals surface area contributed by atoms with Gasteiger partial charge in [-0.25, -0.2) is 14.5 Å². The first-order chi connectivity index (χ1) is 9.54.